The van der Waals surface area contributed by atoms with Gasteiger partial charge in [-0.25, -0.2) is 4.79 Å². The van der Waals surface area contributed by atoms with E-state index in [0.717, 1.165) is 6.07 Å². The maximum atomic E-state index is 12.6. The molecule has 132 valence electrons. The Kier molecular flexibility index (Phi) is 5.53. The molecular formula is C16H12ClF3N2O3. The number of rotatable bonds is 4. The van der Waals surface area contributed by atoms with Crippen LogP contribution in [0.3, 0.4) is 0 Å². The predicted octanol–water partition coefficient (Wildman–Crippen LogP) is 3.74. The standard InChI is InChI=1S/C16H12ClF3N2O3/c17-10-2-1-3-11(7-10)22-14(23)8-25-15(24)12-5-4-9(6-13(12)21)16(18,19)20/h1-7H,8,21H2,(H,22,23). The summed E-state index contributed by atoms with van der Waals surface area (Å²) in [5.41, 5.74) is 4.21. The molecule has 0 aliphatic heterocycles. The molecule has 5 nitrogen and oxygen atoms in total. The Morgan fingerprint density at radius 1 is 1.16 bits per heavy atom. The summed E-state index contributed by atoms with van der Waals surface area (Å²) in [4.78, 5) is 23.6. The van der Waals surface area contributed by atoms with Crippen LogP contribution in [0.1, 0.15) is 15.9 Å². The Balaban J connectivity index is 1.97. The van der Waals surface area contributed by atoms with Gasteiger partial charge in [0.05, 0.1) is 11.1 Å². The molecule has 3 N–H and O–H groups in total. The molecular weight excluding hydrogens is 361 g/mol. The van der Waals surface area contributed by atoms with E-state index in [1.807, 2.05) is 0 Å². The second-order valence-corrected chi connectivity index (χ2v) is 5.37. The Bertz CT molecular complexity index is 809. The maximum Gasteiger partial charge on any atom is 0.416 e. The molecule has 0 saturated heterocycles. The lowest BCUT2D eigenvalue weighted by Crippen LogP contribution is -2.21. The van der Waals surface area contributed by atoms with Crippen molar-refractivity contribution in [3.05, 3.63) is 58.6 Å². The van der Waals surface area contributed by atoms with Gasteiger partial charge in [-0.3, -0.25) is 4.79 Å². The molecule has 2 rings (SSSR count). The average Bonchev–Trinajstić information content (AvgIpc) is 2.51. The van der Waals surface area contributed by atoms with Crippen molar-refractivity contribution in [1.82, 2.24) is 0 Å². The number of anilines is 2. The van der Waals surface area contributed by atoms with Gasteiger partial charge in [-0.05, 0) is 36.4 Å². The second kappa shape index (κ2) is 7.43. The molecule has 0 spiro atoms. The van der Waals surface area contributed by atoms with Crippen LogP contribution in [-0.4, -0.2) is 18.5 Å². The predicted molar refractivity (Wildman–Crippen MR) is 86.2 cm³/mol. The summed E-state index contributed by atoms with van der Waals surface area (Å²) >= 11 is 5.77. The number of hydrogen-bond donors (Lipinski definition) is 2. The molecule has 0 unspecified atom stereocenters. The van der Waals surface area contributed by atoms with Crippen molar-refractivity contribution in [3.8, 4) is 0 Å². The fraction of sp³-hybridized carbons (Fsp3) is 0.125. The van der Waals surface area contributed by atoms with E-state index in [1.165, 1.54) is 6.07 Å². The van der Waals surface area contributed by atoms with Crippen LogP contribution in [-0.2, 0) is 15.7 Å². The molecule has 1 amide bonds. The van der Waals surface area contributed by atoms with Gasteiger partial charge in [0.15, 0.2) is 6.61 Å². The second-order valence-electron chi connectivity index (χ2n) is 4.93. The van der Waals surface area contributed by atoms with Crippen molar-refractivity contribution in [2.24, 2.45) is 0 Å². The number of nitrogen functional groups attached to an aromatic ring is 1. The molecule has 25 heavy (non-hydrogen) atoms. The molecule has 9 heteroatoms. The van der Waals surface area contributed by atoms with Crippen molar-refractivity contribution in [2.45, 2.75) is 6.18 Å². The first-order chi connectivity index (χ1) is 11.7. The number of ether oxygens (including phenoxy) is 1. The van der Waals surface area contributed by atoms with Gasteiger partial charge in [0.25, 0.3) is 5.91 Å². The van der Waals surface area contributed by atoms with Gasteiger partial charge in [0, 0.05) is 16.4 Å². The minimum absolute atomic E-state index is 0.261. The lowest BCUT2D eigenvalue weighted by atomic mass is 10.1. The topological polar surface area (TPSA) is 81.4 Å². The minimum atomic E-state index is -4.58. The summed E-state index contributed by atoms with van der Waals surface area (Å²) in [6.45, 7) is -0.633. The summed E-state index contributed by atoms with van der Waals surface area (Å²) in [6.07, 6.45) is -4.58. The molecule has 2 aromatic carbocycles. The highest BCUT2D eigenvalue weighted by Gasteiger charge is 2.31. The number of amides is 1. The summed E-state index contributed by atoms with van der Waals surface area (Å²) < 4.78 is 42.4. The molecule has 0 aliphatic rings. The Labute approximate surface area is 145 Å². The number of benzene rings is 2. The highest BCUT2D eigenvalue weighted by Crippen LogP contribution is 2.31. The number of esters is 1. The third-order valence-corrected chi connectivity index (χ3v) is 3.28. The Morgan fingerprint density at radius 2 is 1.88 bits per heavy atom. The zero-order chi connectivity index (χ0) is 18.6. The van der Waals surface area contributed by atoms with Crippen molar-refractivity contribution in [2.75, 3.05) is 17.7 Å². The highest BCUT2D eigenvalue weighted by molar-refractivity contribution is 6.30. The molecule has 0 aliphatic carbocycles. The number of carbonyl (C=O) groups excluding carboxylic acids is 2. The number of nitrogens with two attached hydrogens (primary N) is 1. The third kappa shape index (κ3) is 5.12. The Morgan fingerprint density at radius 3 is 2.48 bits per heavy atom. The zero-order valence-corrected chi connectivity index (χ0v) is 13.3. The van der Waals surface area contributed by atoms with E-state index in [9.17, 15) is 22.8 Å². The van der Waals surface area contributed by atoms with Crippen molar-refractivity contribution >= 4 is 34.9 Å². The van der Waals surface area contributed by atoms with E-state index < -0.39 is 35.9 Å². The SMILES string of the molecule is Nc1cc(C(F)(F)F)ccc1C(=O)OCC(=O)Nc1cccc(Cl)c1. The van der Waals surface area contributed by atoms with Gasteiger partial charge in [-0.15, -0.1) is 0 Å². The van der Waals surface area contributed by atoms with E-state index >= 15 is 0 Å². The lowest BCUT2D eigenvalue weighted by molar-refractivity contribution is -0.137. The molecule has 0 saturated carbocycles. The summed E-state index contributed by atoms with van der Waals surface area (Å²) in [7, 11) is 0. The van der Waals surface area contributed by atoms with Crippen LogP contribution in [0.4, 0.5) is 24.5 Å². The van der Waals surface area contributed by atoms with Gasteiger partial charge in [-0.1, -0.05) is 17.7 Å². The zero-order valence-electron chi connectivity index (χ0n) is 12.6. The van der Waals surface area contributed by atoms with E-state index in [2.05, 4.69) is 5.32 Å². The monoisotopic (exact) mass is 372 g/mol. The molecule has 0 atom stereocenters. The van der Waals surface area contributed by atoms with E-state index in [0.29, 0.717) is 22.8 Å². The molecule has 0 bridgehead atoms. The summed E-state index contributed by atoms with van der Waals surface area (Å²) in [6, 6.07) is 8.54. The first-order valence-corrected chi connectivity index (χ1v) is 7.24. The maximum absolute atomic E-state index is 12.6. The fourth-order valence-corrected chi connectivity index (χ4v) is 2.09. The van der Waals surface area contributed by atoms with Gasteiger partial charge in [0.1, 0.15) is 0 Å². The number of alkyl halides is 3. The summed E-state index contributed by atoms with van der Waals surface area (Å²) in [5, 5.41) is 2.86. The van der Waals surface area contributed by atoms with Crippen molar-refractivity contribution in [1.29, 1.82) is 0 Å². The fourth-order valence-electron chi connectivity index (χ4n) is 1.90. The van der Waals surface area contributed by atoms with Crippen LogP contribution in [0, 0.1) is 0 Å². The van der Waals surface area contributed by atoms with Crippen LogP contribution in [0.2, 0.25) is 5.02 Å². The molecule has 0 heterocycles. The largest absolute Gasteiger partial charge is 0.452 e. The quantitative estimate of drug-likeness (QED) is 0.633. The van der Waals surface area contributed by atoms with E-state index in [1.54, 1.807) is 18.2 Å². The van der Waals surface area contributed by atoms with Gasteiger partial charge < -0.3 is 15.8 Å². The number of carbonyl (C=O) groups is 2. The smallest absolute Gasteiger partial charge is 0.416 e. The number of hydrogen-bond acceptors (Lipinski definition) is 4. The lowest BCUT2D eigenvalue weighted by Gasteiger charge is -2.11. The van der Waals surface area contributed by atoms with E-state index in [4.69, 9.17) is 22.1 Å². The van der Waals surface area contributed by atoms with Crippen LogP contribution in [0.15, 0.2) is 42.5 Å². The first-order valence-electron chi connectivity index (χ1n) is 6.86. The van der Waals surface area contributed by atoms with Crippen molar-refractivity contribution in [3.63, 3.8) is 0 Å². The molecule has 0 fully saturated rings. The van der Waals surface area contributed by atoms with E-state index in [-0.39, 0.29) is 5.56 Å². The third-order valence-electron chi connectivity index (χ3n) is 3.04. The highest BCUT2D eigenvalue weighted by atomic mass is 35.5. The van der Waals surface area contributed by atoms with Gasteiger partial charge in [0.2, 0.25) is 0 Å². The number of halogens is 4. The van der Waals surface area contributed by atoms with Crippen LogP contribution in [0.5, 0.6) is 0 Å². The van der Waals surface area contributed by atoms with Crippen molar-refractivity contribution < 1.29 is 27.5 Å². The number of nitrogens with one attached hydrogen (secondary N) is 1. The minimum Gasteiger partial charge on any atom is -0.452 e. The van der Waals surface area contributed by atoms with Gasteiger partial charge >= 0.3 is 12.1 Å². The van der Waals surface area contributed by atoms with Crippen LogP contribution in [0.25, 0.3) is 0 Å². The summed E-state index contributed by atoms with van der Waals surface area (Å²) in [5.74, 6) is -1.64. The van der Waals surface area contributed by atoms with Crippen LogP contribution >= 0.6 is 11.6 Å². The molecule has 0 aromatic heterocycles. The molecule has 0 radical (unpaired) electrons. The van der Waals surface area contributed by atoms with Gasteiger partial charge in [-0.2, -0.15) is 13.2 Å². The molecule has 2 aromatic rings. The average molecular weight is 373 g/mol. The first kappa shape index (κ1) is 18.6. The Hall–Kier alpha value is -2.74. The van der Waals surface area contributed by atoms with Crippen LogP contribution < -0.4 is 11.1 Å². The normalized spacial score (nSPS) is 11.0.